The van der Waals surface area contributed by atoms with Crippen molar-refractivity contribution >= 4 is 11.8 Å². The first-order valence-electron chi connectivity index (χ1n) is 6.04. The van der Waals surface area contributed by atoms with Crippen molar-refractivity contribution in [2.45, 2.75) is 26.4 Å². The Hall–Kier alpha value is -2.30. The maximum absolute atomic E-state index is 11.7. The number of carbonyl (C=O) groups is 1. The average Bonchev–Trinajstić information content (AvgIpc) is 2.79. The third-order valence-corrected chi connectivity index (χ3v) is 2.32. The number of carbonyl (C=O) groups excluding carboxylic acids is 1. The van der Waals surface area contributed by atoms with Gasteiger partial charge in [-0.2, -0.15) is 5.10 Å². The van der Waals surface area contributed by atoms with Crippen molar-refractivity contribution in [1.29, 1.82) is 0 Å². The highest BCUT2D eigenvalue weighted by Gasteiger charge is 2.16. The number of rotatable bonds is 2. The Bertz CT molecular complexity index is 556. The van der Waals surface area contributed by atoms with Crippen molar-refractivity contribution in [3.63, 3.8) is 0 Å². The summed E-state index contributed by atoms with van der Waals surface area (Å²) in [6, 6.07) is 9.34. The van der Waals surface area contributed by atoms with Crippen LogP contribution in [-0.4, -0.2) is 21.9 Å². The van der Waals surface area contributed by atoms with Crippen LogP contribution >= 0.6 is 0 Å². The molecule has 0 saturated heterocycles. The van der Waals surface area contributed by atoms with Crippen LogP contribution in [-0.2, 0) is 4.74 Å². The maximum Gasteiger partial charge on any atom is 0.412 e. The molecule has 1 aromatic carbocycles. The van der Waals surface area contributed by atoms with E-state index in [4.69, 9.17) is 4.74 Å². The minimum atomic E-state index is -0.509. The molecular formula is C14H17N3O2. The largest absolute Gasteiger partial charge is 0.444 e. The molecule has 2 rings (SSSR count). The van der Waals surface area contributed by atoms with Crippen LogP contribution in [0.1, 0.15) is 20.8 Å². The van der Waals surface area contributed by atoms with Crippen LogP contribution in [0.3, 0.4) is 0 Å². The van der Waals surface area contributed by atoms with Crippen LogP contribution in [0.4, 0.5) is 10.5 Å². The molecule has 19 heavy (non-hydrogen) atoms. The van der Waals surface area contributed by atoms with Crippen LogP contribution in [0.2, 0.25) is 0 Å². The first-order chi connectivity index (χ1) is 8.94. The minimum Gasteiger partial charge on any atom is -0.444 e. The van der Waals surface area contributed by atoms with Gasteiger partial charge in [-0.1, -0.05) is 12.1 Å². The molecule has 0 atom stereocenters. The van der Waals surface area contributed by atoms with Gasteiger partial charge in [0.05, 0.1) is 5.69 Å². The number of nitrogens with zero attached hydrogens (tertiary/aromatic N) is 1. The summed E-state index contributed by atoms with van der Waals surface area (Å²) in [5.41, 5.74) is 2.02. The van der Waals surface area contributed by atoms with Crippen LogP contribution in [0.15, 0.2) is 36.5 Å². The number of benzene rings is 1. The summed E-state index contributed by atoms with van der Waals surface area (Å²) in [4.78, 5) is 11.7. The van der Waals surface area contributed by atoms with Crippen LogP contribution in [0.25, 0.3) is 11.3 Å². The van der Waals surface area contributed by atoms with Gasteiger partial charge in [0.15, 0.2) is 0 Å². The average molecular weight is 259 g/mol. The van der Waals surface area contributed by atoms with Gasteiger partial charge in [-0.25, -0.2) is 4.79 Å². The van der Waals surface area contributed by atoms with E-state index in [0.717, 1.165) is 11.3 Å². The Morgan fingerprint density at radius 1 is 1.32 bits per heavy atom. The molecule has 2 N–H and O–H groups in total. The summed E-state index contributed by atoms with van der Waals surface area (Å²) < 4.78 is 5.20. The molecule has 1 aromatic heterocycles. The van der Waals surface area contributed by atoms with E-state index in [0.29, 0.717) is 5.69 Å². The zero-order chi connectivity index (χ0) is 13.9. The summed E-state index contributed by atoms with van der Waals surface area (Å²) in [6.07, 6.45) is 1.22. The lowest BCUT2D eigenvalue weighted by atomic mass is 10.1. The Balaban J connectivity index is 2.10. The number of nitrogens with one attached hydrogen (secondary N) is 2. The molecule has 0 aliphatic heterocycles. The number of hydrogen-bond acceptors (Lipinski definition) is 3. The topological polar surface area (TPSA) is 67.0 Å². The molecule has 1 heterocycles. The molecule has 0 bridgehead atoms. The molecule has 0 aliphatic carbocycles. The highest BCUT2D eigenvalue weighted by Crippen LogP contribution is 2.20. The zero-order valence-corrected chi connectivity index (χ0v) is 11.2. The molecule has 0 spiro atoms. The molecule has 0 radical (unpaired) electrons. The molecule has 0 unspecified atom stereocenters. The number of anilines is 1. The first-order valence-corrected chi connectivity index (χ1v) is 6.04. The van der Waals surface area contributed by atoms with Gasteiger partial charge < -0.3 is 4.74 Å². The predicted molar refractivity (Wildman–Crippen MR) is 73.9 cm³/mol. The van der Waals surface area contributed by atoms with Gasteiger partial charge in [-0.3, -0.25) is 10.4 Å². The zero-order valence-electron chi connectivity index (χ0n) is 11.2. The van der Waals surface area contributed by atoms with E-state index in [2.05, 4.69) is 15.5 Å². The van der Waals surface area contributed by atoms with E-state index in [1.807, 2.05) is 51.1 Å². The number of aromatic nitrogens is 2. The lowest BCUT2D eigenvalue weighted by Crippen LogP contribution is -2.27. The summed E-state index contributed by atoms with van der Waals surface area (Å²) >= 11 is 0. The molecule has 1 amide bonds. The lowest BCUT2D eigenvalue weighted by Gasteiger charge is -2.19. The predicted octanol–water partition coefficient (Wildman–Crippen LogP) is 3.42. The molecule has 0 fully saturated rings. The van der Waals surface area contributed by atoms with E-state index < -0.39 is 11.7 Å². The Morgan fingerprint density at radius 2 is 2.11 bits per heavy atom. The monoisotopic (exact) mass is 259 g/mol. The number of aromatic amines is 1. The van der Waals surface area contributed by atoms with Gasteiger partial charge in [-0.15, -0.1) is 0 Å². The van der Waals surface area contributed by atoms with Gasteiger partial charge in [0.2, 0.25) is 0 Å². The number of ether oxygens (including phenoxy) is 1. The Kier molecular flexibility index (Phi) is 3.55. The van der Waals surface area contributed by atoms with Crippen molar-refractivity contribution < 1.29 is 9.53 Å². The summed E-state index contributed by atoms with van der Waals surface area (Å²) in [7, 11) is 0. The standard InChI is InChI=1S/C14H17N3O2/c1-14(2,3)19-13(18)16-11-6-4-5-10(9-11)12-7-8-15-17-12/h4-9H,1-3H3,(H,15,17)(H,16,18). The normalized spacial score (nSPS) is 11.1. The SMILES string of the molecule is CC(C)(C)OC(=O)Nc1cccc(-c2ccn[nH]2)c1. The van der Waals surface area contributed by atoms with E-state index in [-0.39, 0.29) is 0 Å². The second-order valence-electron chi connectivity index (χ2n) is 5.18. The van der Waals surface area contributed by atoms with Crippen LogP contribution in [0, 0.1) is 0 Å². The fourth-order valence-electron chi connectivity index (χ4n) is 1.60. The fraction of sp³-hybridized carbons (Fsp3) is 0.286. The first kappa shape index (κ1) is 13.1. The van der Waals surface area contributed by atoms with Gasteiger partial charge in [0.1, 0.15) is 5.60 Å². The second kappa shape index (κ2) is 5.14. The van der Waals surface area contributed by atoms with Gasteiger partial charge in [0.25, 0.3) is 0 Å². The lowest BCUT2D eigenvalue weighted by molar-refractivity contribution is 0.0636. The molecule has 100 valence electrons. The number of H-pyrrole nitrogens is 1. The fourth-order valence-corrected chi connectivity index (χ4v) is 1.60. The van der Waals surface area contributed by atoms with Gasteiger partial charge in [0, 0.05) is 17.4 Å². The quantitative estimate of drug-likeness (QED) is 0.868. The van der Waals surface area contributed by atoms with E-state index in [1.165, 1.54) is 0 Å². The van der Waals surface area contributed by atoms with E-state index in [9.17, 15) is 4.79 Å². The second-order valence-corrected chi connectivity index (χ2v) is 5.18. The smallest absolute Gasteiger partial charge is 0.412 e. The van der Waals surface area contributed by atoms with Gasteiger partial charge in [-0.05, 0) is 39.0 Å². The summed E-state index contributed by atoms with van der Waals surface area (Å²) in [6.45, 7) is 5.48. The van der Waals surface area contributed by atoms with E-state index >= 15 is 0 Å². The van der Waals surface area contributed by atoms with Crippen molar-refractivity contribution in [2.24, 2.45) is 0 Å². The van der Waals surface area contributed by atoms with Crippen LogP contribution < -0.4 is 5.32 Å². The molecule has 0 saturated carbocycles. The van der Waals surface area contributed by atoms with Crippen LogP contribution in [0.5, 0.6) is 0 Å². The molecular weight excluding hydrogens is 242 g/mol. The highest BCUT2D eigenvalue weighted by molar-refractivity contribution is 5.86. The Labute approximate surface area is 112 Å². The van der Waals surface area contributed by atoms with E-state index in [1.54, 1.807) is 6.20 Å². The van der Waals surface area contributed by atoms with Crippen molar-refractivity contribution in [2.75, 3.05) is 5.32 Å². The molecule has 5 nitrogen and oxygen atoms in total. The highest BCUT2D eigenvalue weighted by atomic mass is 16.6. The van der Waals surface area contributed by atoms with Crippen molar-refractivity contribution in [3.8, 4) is 11.3 Å². The third-order valence-electron chi connectivity index (χ3n) is 2.32. The molecule has 2 aromatic rings. The summed E-state index contributed by atoms with van der Waals surface area (Å²) in [5.74, 6) is 0. The summed E-state index contributed by atoms with van der Waals surface area (Å²) in [5, 5.41) is 9.48. The molecule has 5 heteroatoms. The van der Waals surface area contributed by atoms with Gasteiger partial charge >= 0.3 is 6.09 Å². The number of amides is 1. The Morgan fingerprint density at radius 3 is 2.74 bits per heavy atom. The van der Waals surface area contributed by atoms with Crippen molar-refractivity contribution in [1.82, 2.24) is 10.2 Å². The number of hydrogen-bond donors (Lipinski definition) is 2. The minimum absolute atomic E-state index is 0.464. The third kappa shape index (κ3) is 3.84. The van der Waals surface area contributed by atoms with Crippen molar-refractivity contribution in [3.05, 3.63) is 36.5 Å². The molecule has 0 aliphatic rings. The maximum atomic E-state index is 11.7.